The zero-order valence-corrected chi connectivity index (χ0v) is 17.1. The lowest BCUT2D eigenvalue weighted by molar-refractivity contribution is 0.121. The van der Waals surface area contributed by atoms with E-state index in [0.29, 0.717) is 16.9 Å². The van der Waals surface area contributed by atoms with Crippen molar-refractivity contribution in [2.75, 3.05) is 34.4 Å². The molecular formula is C21H25N5O3. The molecule has 1 aliphatic rings. The van der Waals surface area contributed by atoms with Crippen LogP contribution in [0.15, 0.2) is 35.6 Å². The van der Waals surface area contributed by atoms with Gasteiger partial charge < -0.3 is 19.4 Å². The topological polar surface area (TPSA) is 81.5 Å². The van der Waals surface area contributed by atoms with E-state index in [0.717, 1.165) is 47.8 Å². The number of aromatic nitrogens is 3. The molecule has 1 aromatic carbocycles. The van der Waals surface area contributed by atoms with Gasteiger partial charge in [0.05, 0.1) is 30.7 Å². The monoisotopic (exact) mass is 395 g/mol. The number of ether oxygens (including phenoxy) is 2. The van der Waals surface area contributed by atoms with Gasteiger partial charge in [0.2, 0.25) is 0 Å². The molecule has 152 valence electrons. The fourth-order valence-corrected chi connectivity index (χ4v) is 3.82. The predicted molar refractivity (Wildman–Crippen MR) is 111 cm³/mol. The summed E-state index contributed by atoms with van der Waals surface area (Å²) in [6.07, 6.45) is 4.80. The number of likely N-dealkylation sites (tertiary alicyclic amines) is 1. The third kappa shape index (κ3) is 3.45. The summed E-state index contributed by atoms with van der Waals surface area (Å²) in [5.41, 5.74) is 3.19. The second-order valence-electron chi connectivity index (χ2n) is 7.28. The van der Waals surface area contributed by atoms with Crippen molar-refractivity contribution in [3.8, 4) is 22.6 Å². The summed E-state index contributed by atoms with van der Waals surface area (Å²) < 4.78 is 13.0. The van der Waals surface area contributed by atoms with Crippen LogP contribution in [0.3, 0.4) is 0 Å². The lowest BCUT2D eigenvalue weighted by Crippen LogP contribution is -2.56. The molecule has 1 fully saturated rings. The van der Waals surface area contributed by atoms with Crippen molar-refractivity contribution in [3.05, 3.63) is 46.8 Å². The number of benzene rings is 1. The van der Waals surface area contributed by atoms with E-state index in [1.54, 1.807) is 38.2 Å². The highest BCUT2D eigenvalue weighted by Crippen LogP contribution is 2.37. The largest absolute Gasteiger partial charge is 0.496 e. The molecule has 0 unspecified atom stereocenters. The number of hydrogen-bond acceptors (Lipinski definition) is 7. The van der Waals surface area contributed by atoms with Crippen LogP contribution in [-0.4, -0.2) is 59.8 Å². The Kier molecular flexibility index (Phi) is 5.21. The normalized spacial score (nSPS) is 14.8. The lowest BCUT2D eigenvalue weighted by atomic mass is 10.00. The zero-order valence-electron chi connectivity index (χ0n) is 17.1. The number of hydrogen-bond donors (Lipinski definition) is 1. The van der Waals surface area contributed by atoms with Crippen LogP contribution in [0.4, 0.5) is 0 Å². The van der Waals surface area contributed by atoms with Crippen molar-refractivity contribution >= 4 is 10.9 Å². The van der Waals surface area contributed by atoms with E-state index in [9.17, 15) is 4.79 Å². The summed E-state index contributed by atoms with van der Waals surface area (Å²) in [6, 6.07) is 4.49. The van der Waals surface area contributed by atoms with Crippen molar-refractivity contribution in [1.82, 2.24) is 24.8 Å². The number of fused-ring (bicyclic) bond motifs is 1. The molecule has 3 aromatic rings. The molecular weight excluding hydrogens is 370 g/mol. The molecule has 8 nitrogen and oxygen atoms in total. The molecule has 2 aromatic heterocycles. The SMILES string of the molecule is CNC1CN(Cc2c(OC)cc(-c3cn(C)c(=O)c4cncnc34)cc2OC)C1. The van der Waals surface area contributed by atoms with Crippen LogP contribution in [0.1, 0.15) is 5.56 Å². The zero-order chi connectivity index (χ0) is 20.5. The van der Waals surface area contributed by atoms with Crippen molar-refractivity contribution < 1.29 is 9.47 Å². The van der Waals surface area contributed by atoms with Crippen molar-refractivity contribution in [2.45, 2.75) is 12.6 Å². The molecule has 0 aliphatic carbocycles. The number of nitrogens with one attached hydrogen (secondary N) is 1. The van der Waals surface area contributed by atoms with E-state index in [-0.39, 0.29) is 5.56 Å². The average molecular weight is 395 g/mol. The minimum atomic E-state index is -0.128. The van der Waals surface area contributed by atoms with E-state index in [2.05, 4.69) is 20.2 Å². The predicted octanol–water partition coefficient (Wildman–Crippen LogP) is 1.42. The number of methoxy groups -OCH3 is 2. The van der Waals surface area contributed by atoms with E-state index in [1.165, 1.54) is 6.33 Å². The van der Waals surface area contributed by atoms with Crippen molar-refractivity contribution in [2.24, 2.45) is 7.05 Å². The Hall–Kier alpha value is -2.97. The first-order valence-electron chi connectivity index (χ1n) is 9.50. The molecule has 4 rings (SSSR count). The van der Waals surface area contributed by atoms with Gasteiger partial charge in [0.25, 0.3) is 5.56 Å². The van der Waals surface area contributed by atoms with Crippen LogP contribution in [-0.2, 0) is 13.6 Å². The molecule has 0 radical (unpaired) electrons. The Morgan fingerprint density at radius 1 is 1.21 bits per heavy atom. The van der Waals surface area contributed by atoms with Gasteiger partial charge in [-0.25, -0.2) is 9.97 Å². The smallest absolute Gasteiger partial charge is 0.261 e. The maximum absolute atomic E-state index is 12.4. The first kappa shape index (κ1) is 19.4. The van der Waals surface area contributed by atoms with Crippen LogP contribution in [0.5, 0.6) is 11.5 Å². The molecule has 1 saturated heterocycles. The van der Waals surface area contributed by atoms with Gasteiger partial charge in [0.15, 0.2) is 0 Å². The van der Waals surface area contributed by atoms with Crippen LogP contribution in [0.2, 0.25) is 0 Å². The minimum absolute atomic E-state index is 0.128. The Labute approximate surface area is 169 Å². The van der Waals surface area contributed by atoms with Gasteiger partial charge >= 0.3 is 0 Å². The number of likely N-dealkylation sites (N-methyl/N-ethyl adjacent to an activating group) is 1. The van der Waals surface area contributed by atoms with Crippen molar-refractivity contribution in [3.63, 3.8) is 0 Å². The molecule has 0 amide bonds. The van der Waals surface area contributed by atoms with Gasteiger partial charge in [-0.15, -0.1) is 0 Å². The average Bonchev–Trinajstić information content (AvgIpc) is 2.72. The van der Waals surface area contributed by atoms with Crippen LogP contribution < -0.4 is 20.3 Å². The van der Waals surface area contributed by atoms with E-state index < -0.39 is 0 Å². The summed E-state index contributed by atoms with van der Waals surface area (Å²) in [5, 5.41) is 3.77. The first-order chi connectivity index (χ1) is 14.0. The molecule has 3 heterocycles. The second-order valence-corrected chi connectivity index (χ2v) is 7.28. The van der Waals surface area contributed by atoms with Gasteiger partial charge in [-0.1, -0.05) is 0 Å². The number of pyridine rings is 1. The number of nitrogens with zero attached hydrogens (tertiary/aromatic N) is 4. The lowest BCUT2D eigenvalue weighted by Gasteiger charge is -2.39. The molecule has 0 bridgehead atoms. The van der Waals surface area contributed by atoms with Crippen LogP contribution in [0, 0.1) is 0 Å². The Morgan fingerprint density at radius 2 is 1.90 bits per heavy atom. The maximum Gasteiger partial charge on any atom is 0.261 e. The van der Waals surface area contributed by atoms with E-state index in [4.69, 9.17) is 9.47 Å². The Morgan fingerprint density at radius 3 is 2.52 bits per heavy atom. The van der Waals surface area contributed by atoms with Crippen molar-refractivity contribution in [1.29, 1.82) is 0 Å². The van der Waals surface area contributed by atoms with Crippen LogP contribution in [0.25, 0.3) is 22.0 Å². The number of rotatable bonds is 6. The molecule has 0 spiro atoms. The van der Waals surface area contributed by atoms with E-state index in [1.807, 2.05) is 19.2 Å². The maximum atomic E-state index is 12.4. The summed E-state index contributed by atoms with van der Waals surface area (Å²) >= 11 is 0. The van der Waals surface area contributed by atoms with E-state index >= 15 is 0 Å². The molecule has 8 heteroatoms. The number of aryl methyl sites for hydroxylation is 1. The standard InChI is InChI=1S/C21H25N5O3/c1-22-14-8-26(9-14)11-17-18(28-3)5-13(6-19(17)29-4)16-10-25(2)21(27)15-7-23-12-24-20(15)16/h5-7,10,12,14,22H,8-9,11H2,1-4H3. The van der Waals surface area contributed by atoms with Crippen LogP contribution >= 0.6 is 0 Å². The molecule has 1 N–H and O–H groups in total. The quantitative estimate of drug-likeness (QED) is 0.676. The third-order valence-electron chi connectivity index (χ3n) is 5.51. The summed E-state index contributed by atoms with van der Waals surface area (Å²) in [4.78, 5) is 23.2. The Bertz CT molecular complexity index is 1080. The van der Waals surface area contributed by atoms with Gasteiger partial charge in [-0.2, -0.15) is 0 Å². The summed E-state index contributed by atoms with van der Waals surface area (Å²) in [6.45, 7) is 2.74. The highest BCUT2D eigenvalue weighted by molar-refractivity contribution is 5.92. The first-order valence-corrected chi connectivity index (χ1v) is 9.50. The highest BCUT2D eigenvalue weighted by Gasteiger charge is 2.27. The summed E-state index contributed by atoms with van der Waals surface area (Å²) in [7, 11) is 7.04. The Balaban J connectivity index is 1.81. The fraction of sp³-hybridized carbons (Fsp3) is 0.381. The fourth-order valence-electron chi connectivity index (χ4n) is 3.82. The second kappa shape index (κ2) is 7.81. The minimum Gasteiger partial charge on any atom is -0.496 e. The molecule has 0 saturated carbocycles. The van der Waals surface area contributed by atoms with Gasteiger partial charge in [-0.05, 0) is 24.7 Å². The molecule has 1 aliphatic heterocycles. The van der Waals surface area contributed by atoms with Gasteiger partial charge in [0.1, 0.15) is 17.8 Å². The molecule has 0 atom stereocenters. The van der Waals surface area contributed by atoms with Gasteiger partial charge in [-0.3, -0.25) is 9.69 Å². The third-order valence-corrected chi connectivity index (χ3v) is 5.51. The summed E-state index contributed by atoms with van der Waals surface area (Å²) in [5.74, 6) is 1.51. The van der Waals surface area contributed by atoms with Gasteiger partial charge in [0, 0.05) is 50.7 Å². The highest BCUT2D eigenvalue weighted by atomic mass is 16.5. The molecule has 29 heavy (non-hydrogen) atoms.